The number of hydrogen-bond acceptors (Lipinski definition) is 2. The van der Waals surface area contributed by atoms with Crippen LogP contribution in [0.2, 0.25) is 0 Å². The van der Waals surface area contributed by atoms with E-state index < -0.39 is 17.5 Å². The average molecular weight is 277 g/mol. The van der Waals surface area contributed by atoms with Gasteiger partial charge >= 0.3 is 0 Å². The number of halogens is 3. The number of nitrogen functional groups attached to an aromatic ring is 1. The number of imidazole rings is 1. The van der Waals surface area contributed by atoms with Gasteiger partial charge in [-0.2, -0.15) is 0 Å². The van der Waals surface area contributed by atoms with Crippen molar-refractivity contribution in [3.63, 3.8) is 0 Å². The number of aromatic nitrogens is 2. The largest absolute Gasteiger partial charge is 0.396 e. The van der Waals surface area contributed by atoms with E-state index in [4.69, 9.17) is 5.73 Å². The normalized spacial score (nSPS) is 11.2. The summed E-state index contributed by atoms with van der Waals surface area (Å²) in [5.74, 6) is -2.03. The quantitative estimate of drug-likeness (QED) is 0.693. The maximum Gasteiger partial charge on any atom is 0.161 e. The first-order valence-corrected chi connectivity index (χ1v) is 5.87. The SMILES string of the molecule is Cc1nc2cc(F)c(F)cc2n1-c1ccc(N)c(F)c1. The van der Waals surface area contributed by atoms with Crippen molar-refractivity contribution in [2.75, 3.05) is 5.73 Å². The van der Waals surface area contributed by atoms with Gasteiger partial charge in [0.2, 0.25) is 0 Å². The van der Waals surface area contributed by atoms with Crippen LogP contribution in [0.3, 0.4) is 0 Å². The van der Waals surface area contributed by atoms with Crippen molar-refractivity contribution >= 4 is 16.7 Å². The van der Waals surface area contributed by atoms with Crippen molar-refractivity contribution in [3.05, 3.63) is 53.6 Å². The fourth-order valence-electron chi connectivity index (χ4n) is 2.17. The van der Waals surface area contributed by atoms with Crippen LogP contribution in [0, 0.1) is 24.4 Å². The highest BCUT2D eigenvalue weighted by atomic mass is 19.2. The van der Waals surface area contributed by atoms with Crippen LogP contribution >= 0.6 is 0 Å². The zero-order chi connectivity index (χ0) is 14.4. The van der Waals surface area contributed by atoms with Crippen molar-refractivity contribution in [2.24, 2.45) is 0 Å². The van der Waals surface area contributed by atoms with E-state index >= 15 is 0 Å². The Morgan fingerprint density at radius 3 is 2.40 bits per heavy atom. The van der Waals surface area contributed by atoms with Gasteiger partial charge in [-0.1, -0.05) is 0 Å². The summed E-state index contributed by atoms with van der Waals surface area (Å²) in [6.07, 6.45) is 0. The van der Waals surface area contributed by atoms with Gasteiger partial charge in [-0.15, -0.1) is 0 Å². The minimum atomic E-state index is -0.977. The minimum Gasteiger partial charge on any atom is -0.396 e. The van der Waals surface area contributed by atoms with Crippen LogP contribution in [0.1, 0.15) is 5.82 Å². The van der Waals surface area contributed by atoms with E-state index in [2.05, 4.69) is 4.98 Å². The van der Waals surface area contributed by atoms with Crippen molar-refractivity contribution in [3.8, 4) is 5.69 Å². The van der Waals surface area contributed by atoms with E-state index in [-0.39, 0.29) is 5.69 Å². The maximum atomic E-state index is 13.6. The molecular weight excluding hydrogens is 267 g/mol. The monoisotopic (exact) mass is 277 g/mol. The van der Waals surface area contributed by atoms with E-state index in [1.807, 2.05) is 0 Å². The molecule has 2 N–H and O–H groups in total. The smallest absolute Gasteiger partial charge is 0.161 e. The topological polar surface area (TPSA) is 43.8 Å². The van der Waals surface area contributed by atoms with Crippen LogP contribution in [0.25, 0.3) is 16.7 Å². The summed E-state index contributed by atoms with van der Waals surface area (Å²) in [4.78, 5) is 4.15. The van der Waals surface area contributed by atoms with E-state index in [1.165, 1.54) is 12.1 Å². The van der Waals surface area contributed by atoms with Gasteiger partial charge < -0.3 is 5.73 Å². The molecule has 6 heteroatoms. The van der Waals surface area contributed by atoms with E-state index in [1.54, 1.807) is 17.6 Å². The van der Waals surface area contributed by atoms with Crippen LogP contribution in [0.5, 0.6) is 0 Å². The molecule has 0 spiro atoms. The molecule has 20 heavy (non-hydrogen) atoms. The lowest BCUT2D eigenvalue weighted by atomic mass is 10.2. The third kappa shape index (κ3) is 1.80. The molecule has 3 nitrogen and oxygen atoms in total. The van der Waals surface area contributed by atoms with Gasteiger partial charge in [0.1, 0.15) is 11.6 Å². The number of nitrogens with zero attached hydrogens (tertiary/aromatic N) is 2. The molecule has 0 saturated carbocycles. The fraction of sp³-hybridized carbons (Fsp3) is 0.0714. The predicted octanol–water partition coefficient (Wildman–Crippen LogP) is 3.33. The Hall–Kier alpha value is -2.50. The lowest BCUT2D eigenvalue weighted by Gasteiger charge is -2.08. The molecule has 1 heterocycles. The summed E-state index contributed by atoms with van der Waals surface area (Å²) in [6, 6.07) is 6.29. The van der Waals surface area contributed by atoms with Gasteiger partial charge in [-0.25, -0.2) is 18.2 Å². The third-order valence-electron chi connectivity index (χ3n) is 3.11. The summed E-state index contributed by atoms with van der Waals surface area (Å²) < 4.78 is 41.7. The summed E-state index contributed by atoms with van der Waals surface area (Å²) in [7, 11) is 0. The summed E-state index contributed by atoms with van der Waals surface area (Å²) >= 11 is 0. The molecule has 0 aliphatic rings. The van der Waals surface area contributed by atoms with E-state index in [9.17, 15) is 13.2 Å². The lowest BCUT2D eigenvalue weighted by Crippen LogP contribution is -2.00. The first-order valence-electron chi connectivity index (χ1n) is 5.87. The Morgan fingerprint density at radius 1 is 1.00 bits per heavy atom. The van der Waals surface area contributed by atoms with Crippen LogP contribution in [0.15, 0.2) is 30.3 Å². The van der Waals surface area contributed by atoms with Crippen LogP contribution < -0.4 is 5.73 Å². The zero-order valence-electron chi connectivity index (χ0n) is 10.5. The average Bonchev–Trinajstić information content (AvgIpc) is 2.69. The van der Waals surface area contributed by atoms with Gasteiger partial charge in [-0.05, 0) is 19.1 Å². The van der Waals surface area contributed by atoms with Crippen molar-refractivity contribution in [1.82, 2.24) is 9.55 Å². The van der Waals surface area contributed by atoms with E-state index in [0.29, 0.717) is 22.5 Å². The predicted molar refractivity (Wildman–Crippen MR) is 70.1 cm³/mol. The summed E-state index contributed by atoms with van der Waals surface area (Å²) in [5.41, 5.74) is 6.57. The number of benzene rings is 2. The molecule has 2 aromatic carbocycles. The molecule has 0 unspecified atom stereocenters. The number of aryl methyl sites for hydroxylation is 1. The minimum absolute atomic E-state index is 0.0213. The molecule has 0 amide bonds. The molecule has 0 aliphatic heterocycles. The highest BCUT2D eigenvalue weighted by molar-refractivity contribution is 5.78. The van der Waals surface area contributed by atoms with Crippen molar-refractivity contribution < 1.29 is 13.2 Å². The zero-order valence-corrected chi connectivity index (χ0v) is 10.5. The number of rotatable bonds is 1. The molecule has 3 aromatic rings. The molecular formula is C14H10F3N3. The van der Waals surface area contributed by atoms with Gasteiger partial charge in [0.05, 0.1) is 22.4 Å². The highest BCUT2D eigenvalue weighted by Gasteiger charge is 2.14. The van der Waals surface area contributed by atoms with Crippen LogP contribution in [-0.4, -0.2) is 9.55 Å². The van der Waals surface area contributed by atoms with E-state index in [0.717, 1.165) is 12.1 Å². The Bertz CT molecular complexity index is 824. The molecule has 0 fully saturated rings. The second-order valence-corrected chi connectivity index (χ2v) is 4.46. The third-order valence-corrected chi connectivity index (χ3v) is 3.11. The number of anilines is 1. The molecule has 0 aliphatic carbocycles. The number of nitrogens with two attached hydrogens (primary N) is 1. The maximum absolute atomic E-state index is 13.6. The van der Waals surface area contributed by atoms with Crippen molar-refractivity contribution in [2.45, 2.75) is 6.92 Å². The van der Waals surface area contributed by atoms with Crippen molar-refractivity contribution in [1.29, 1.82) is 0 Å². The molecule has 102 valence electrons. The summed E-state index contributed by atoms with van der Waals surface area (Å²) in [5, 5.41) is 0. The lowest BCUT2D eigenvalue weighted by molar-refractivity contribution is 0.510. The van der Waals surface area contributed by atoms with Crippen LogP contribution in [0.4, 0.5) is 18.9 Å². The molecule has 0 radical (unpaired) electrons. The van der Waals surface area contributed by atoms with Gasteiger partial charge in [-0.3, -0.25) is 4.57 Å². The molecule has 0 saturated heterocycles. The molecule has 0 bridgehead atoms. The standard InChI is InChI=1S/C14H10F3N3/c1-7-19-13-5-9(15)10(16)6-14(13)20(7)8-2-3-12(18)11(17)4-8/h2-6H,18H2,1H3. The first-order chi connectivity index (χ1) is 9.47. The van der Waals surface area contributed by atoms with Gasteiger partial charge in [0.25, 0.3) is 0 Å². The Morgan fingerprint density at radius 2 is 1.70 bits per heavy atom. The highest BCUT2D eigenvalue weighted by Crippen LogP contribution is 2.25. The number of fused-ring (bicyclic) bond motifs is 1. The van der Waals surface area contributed by atoms with Gasteiger partial charge in [0.15, 0.2) is 11.6 Å². The van der Waals surface area contributed by atoms with Gasteiger partial charge in [0, 0.05) is 18.2 Å². The Kier molecular flexibility index (Phi) is 2.67. The fourth-order valence-corrected chi connectivity index (χ4v) is 2.17. The molecule has 0 atom stereocenters. The molecule has 1 aromatic heterocycles. The Labute approximate surface area is 112 Å². The first kappa shape index (κ1) is 12.5. The summed E-state index contributed by atoms with van der Waals surface area (Å²) in [6.45, 7) is 1.67. The second-order valence-electron chi connectivity index (χ2n) is 4.46. The van der Waals surface area contributed by atoms with Crippen LogP contribution in [-0.2, 0) is 0 Å². The number of hydrogen-bond donors (Lipinski definition) is 1. The second kappa shape index (κ2) is 4.26. The Balaban J connectivity index is 2.32. The molecule has 3 rings (SSSR count).